The van der Waals surface area contributed by atoms with Gasteiger partial charge in [0.15, 0.2) is 0 Å². The van der Waals surface area contributed by atoms with E-state index in [0.717, 1.165) is 41.6 Å². The van der Waals surface area contributed by atoms with Gasteiger partial charge in [0.2, 0.25) is 0 Å². The van der Waals surface area contributed by atoms with Crippen LogP contribution in [0.25, 0.3) is 0 Å². The maximum Gasteiger partial charge on any atom is 0.251 e. The van der Waals surface area contributed by atoms with Gasteiger partial charge in [-0.3, -0.25) is 4.79 Å². The Morgan fingerprint density at radius 3 is 2.76 bits per heavy atom. The average molecular weight is 286 g/mol. The van der Waals surface area contributed by atoms with Gasteiger partial charge in [-0.25, -0.2) is 0 Å². The Hall–Kier alpha value is -1.51. The number of hydrogen-bond donors (Lipinski definition) is 2. The lowest BCUT2D eigenvalue weighted by atomic mass is 9.95. The maximum absolute atomic E-state index is 12.5. The zero-order valence-electron chi connectivity index (χ0n) is 13.1. The third-order valence-corrected chi connectivity index (χ3v) is 5.10. The van der Waals surface area contributed by atoms with Crippen molar-refractivity contribution in [1.82, 2.24) is 5.32 Å². The van der Waals surface area contributed by atoms with Gasteiger partial charge >= 0.3 is 0 Å². The van der Waals surface area contributed by atoms with E-state index in [-0.39, 0.29) is 5.91 Å². The first-order chi connectivity index (χ1) is 10.2. The number of fused-ring (bicyclic) bond motifs is 2. The monoisotopic (exact) mass is 286 g/mol. The summed E-state index contributed by atoms with van der Waals surface area (Å²) in [7, 11) is 0. The summed E-state index contributed by atoms with van der Waals surface area (Å²) in [5.41, 5.74) is 2.97. The summed E-state index contributed by atoms with van der Waals surface area (Å²) in [6.07, 6.45) is 6.28. The van der Waals surface area contributed by atoms with Gasteiger partial charge in [-0.15, -0.1) is 0 Å². The van der Waals surface area contributed by atoms with Crippen molar-refractivity contribution in [3.63, 3.8) is 0 Å². The molecule has 1 amide bonds. The normalized spacial score (nSPS) is 26.9. The van der Waals surface area contributed by atoms with Crippen molar-refractivity contribution in [2.45, 2.75) is 52.0 Å². The van der Waals surface area contributed by atoms with Gasteiger partial charge in [0.05, 0.1) is 0 Å². The minimum atomic E-state index is 0.104. The van der Waals surface area contributed by atoms with Crippen LogP contribution < -0.4 is 10.6 Å². The van der Waals surface area contributed by atoms with Crippen LogP contribution in [0.5, 0.6) is 0 Å². The standard InChI is InChI=1S/C18H26N2O/c1-3-8-19-15-6-7-16(12(2)9-15)18(21)20-17-11-13-4-5-14(17)10-13/h6-7,9,13-14,17,19H,3-5,8,10-11H2,1-2H3,(H,20,21). The molecule has 114 valence electrons. The quantitative estimate of drug-likeness (QED) is 0.866. The average Bonchev–Trinajstić information content (AvgIpc) is 3.07. The van der Waals surface area contributed by atoms with Crippen LogP contribution in [0.1, 0.15) is 54.9 Å². The zero-order valence-corrected chi connectivity index (χ0v) is 13.1. The Bertz CT molecular complexity index is 526. The van der Waals surface area contributed by atoms with Crippen molar-refractivity contribution in [3.05, 3.63) is 29.3 Å². The number of rotatable bonds is 5. The van der Waals surface area contributed by atoms with Crippen molar-refractivity contribution in [2.24, 2.45) is 11.8 Å². The second-order valence-electron chi connectivity index (χ2n) is 6.71. The molecule has 1 aromatic rings. The number of anilines is 1. The van der Waals surface area contributed by atoms with Gasteiger partial charge in [-0.2, -0.15) is 0 Å². The molecule has 0 aromatic heterocycles. The topological polar surface area (TPSA) is 41.1 Å². The largest absolute Gasteiger partial charge is 0.385 e. The summed E-state index contributed by atoms with van der Waals surface area (Å²) < 4.78 is 0. The molecule has 1 aromatic carbocycles. The van der Waals surface area contributed by atoms with Gasteiger partial charge in [-0.1, -0.05) is 13.3 Å². The minimum absolute atomic E-state index is 0.104. The van der Waals surface area contributed by atoms with Crippen LogP contribution in [-0.4, -0.2) is 18.5 Å². The fourth-order valence-corrected chi connectivity index (χ4v) is 3.97. The summed E-state index contributed by atoms with van der Waals surface area (Å²) in [6.45, 7) is 5.14. The minimum Gasteiger partial charge on any atom is -0.385 e. The third-order valence-electron chi connectivity index (χ3n) is 5.10. The van der Waals surface area contributed by atoms with Crippen LogP contribution in [-0.2, 0) is 0 Å². The van der Waals surface area contributed by atoms with Crippen molar-refractivity contribution in [1.29, 1.82) is 0 Å². The van der Waals surface area contributed by atoms with Crippen LogP contribution in [0.4, 0.5) is 5.69 Å². The number of aryl methyl sites for hydroxylation is 1. The van der Waals surface area contributed by atoms with Crippen molar-refractivity contribution in [2.75, 3.05) is 11.9 Å². The van der Waals surface area contributed by atoms with Crippen LogP contribution in [0.3, 0.4) is 0 Å². The SMILES string of the molecule is CCCNc1ccc(C(=O)NC2CC3CCC2C3)c(C)c1. The molecule has 2 N–H and O–H groups in total. The molecule has 2 saturated carbocycles. The highest BCUT2D eigenvalue weighted by atomic mass is 16.1. The number of hydrogen-bond acceptors (Lipinski definition) is 2. The van der Waals surface area contributed by atoms with E-state index in [1.54, 1.807) is 0 Å². The Morgan fingerprint density at radius 1 is 1.29 bits per heavy atom. The van der Waals surface area contributed by atoms with E-state index in [2.05, 4.69) is 23.6 Å². The van der Waals surface area contributed by atoms with Crippen molar-refractivity contribution < 1.29 is 4.79 Å². The first-order valence-electron chi connectivity index (χ1n) is 8.32. The predicted molar refractivity (Wildman–Crippen MR) is 86.7 cm³/mol. The fourth-order valence-electron chi connectivity index (χ4n) is 3.97. The Morgan fingerprint density at radius 2 is 2.14 bits per heavy atom. The summed E-state index contributed by atoms with van der Waals surface area (Å²) in [6, 6.07) is 6.45. The van der Waals surface area contributed by atoms with Gasteiger partial charge in [0.25, 0.3) is 5.91 Å². The molecule has 3 nitrogen and oxygen atoms in total. The first kappa shape index (κ1) is 14.4. The zero-order chi connectivity index (χ0) is 14.8. The van der Waals surface area contributed by atoms with Gasteiger partial charge in [0, 0.05) is 23.8 Å². The van der Waals surface area contributed by atoms with Crippen LogP contribution in [0.15, 0.2) is 18.2 Å². The van der Waals surface area contributed by atoms with Gasteiger partial charge in [-0.05, 0) is 68.2 Å². The molecule has 2 bridgehead atoms. The lowest BCUT2D eigenvalue weighted by molar-refractivity contribution is 0.0922. The number of benzene rings is 1. The summed E-state index contributed by atoms with van der Waals surface area (Å²) >= 11 is 0. The molecular weight excluding hydrogens is 260 g/mol. The molecule has 0 spiro atoms. The van der Waals surface area contributed by atoms with E-state index in [9.17, 15) is 4.79 Å². The highest BCUT2D eigenvalue weighted by Gasteiger charge is 2.40. The molecule has 3 heteroatoms. The van der Waals surface area contributed by atoms with Crippen LogP contribution in [0.2, 0.25) is 0 Å². The highest BCUT2D eigenvalue weighted by Crippen LogP contribution is 2.44. The molecule has 3 unspecified atom stereocenters. The molecule has 0 aliphatic heterocycles. The summed E-state index contributed by atoms with van der Waals surface area (Å²) in [4.78, 5) is 12.5. The molecule has 2 fully saturated rings. The third kappa shape index (κ3) is 3.07. The number of carbonyl (C=O) groups is 1. The Balaban J connectivity index is 1.64. The molecule has 0 radical (unpaired) electrons. The maximum atomic E-state index is 12.5. The molecular formula is C18H26N2O. The molecule has 3 rings (SSSR count). The number of carbonyl (C=O) groups excluding carboxylic acids is 1. The van der Waals surface area contributed by atoms with Crippen molar-refractivity contribution >= 4 is 11.6 Å². The fraction of sp³-hybridized carbons (Fsp3) is 0.611. The van der Waals surface area contributed by atoms with Crippen molar-refractivity contribution in [3.8, 4) is 0 Å². The van der Waals surface area contributed by atoms with Gasteiger partial charge in [0.1, 0.15) is 0 Å². The van der Waals surface area contributed by atoms with E-state index in [1.165, 1.54) is 25.7 Å². The van der Waals surface area contributed by atoms with E-state index >= 15 is 0 Å². The summed E-state index contributed by atoms with van der Waals surface area (Å²) in [5, 5.41) is 6.64. The van der Waals surface area contributed by atoms with Crippen LogP contribution in [0, 0.1) is 18.8 Å². The van der Waals surface area contributed by atoms with E-state index in [1.807, 2.05) is 19.1 Å². The summed E-state index contributed by atoms with van der Waals surface area (Å²) in [5.74, 6) is 1.69. The molecule has 21 heavy (non-hydrogen) atoms. The molecule has 0 saturated heterocycles. The Kier molecular flexibility index (Phi) is 4.18. The van der Waals surface area contributed by atoms with E-state index in [4.69, 9.17) is 0 Å². The predicted octanol–water partition coefficient (Wildman–Crippen LogP) is 3.74. The van der Waals surface area contributed by atoms with E-state index < -0.39 is 0 Å². The molecule has 3 atom stereocenters. The Labute approximate surface area is 127 Å². The number of nitrogens with one attached hydrogen (secondary N) is 2. The number of amides is 1. The lowest BCUT2D eigenvalue weighted by Gasteiger charge is -2.23. The first-order valence-corrected chi connectivity index (χ1v) is 8.32. The second kappa shape index (κ2) is 6.08. The molecule has 2 aliphatic carbocycles. The second-order valence-corrected chi connectivity index (χ2v) is 6.71. The van der Waals surface area contributed by atoms with Crippen LogP contribution >= 0.6 is 0 Å². The molecule has 2 aliphatic rings. The smallest absolute Gasteiger partial charge is 0.251 e. The highest BCUT2D eigenvalue weighted by molar-refractivity contribution is 5.96. The molecule has 0 heterocycles. The van der Waals surface area contributed by atoms with E-state index in [0.29, 0.717) is 6.04 Å². The van der Waals surface area contributed by atoms with Gasteiger partial charge < -0.3 is 10.6 Å². The lowest BCUT2D eigenvalue weighted by Crippen LogP contribution is -2.38.